The number of ether oxygens (including phenoxy) is 1. The molecule has 0 bridgehead atoms. The maximum atomic E-state index is 6.02. The van der Waals surface area contributed by atoms with Crippen molar-refractivity contribution in [2.24, 2.45) is 0 Å². The fourth-order valence-corrected chi connectivity index (χ4v) is 2.49. The second-order valence-corrected chi connectivity index (χ2v) is 5.50. The summed E-state index contributed by atoms with van der Waals surface area (Å²) in [6, 6.07) is 5.46. The average Bonchev–Trinajstić information content (AvgIpc) is 2.86. The van der Waals surface area contributed by atoms with Crippen LogP contribution in [0.1, 0.15) is 4.88 Å². The summed E-state index contributed by atoms with van der Waals surface area (Å²) in [4.78, 5) is 1.06. The van der Waals surface area contributed by atoms with Crippen LogP contribution < -0.4 is 5.32 Å². The molecule has 0 aliphatic rings. The van der Waals surface area contributed by atoms with Crippen LogP contribution in [0.2, 0.25) is 10.0 Å². The lowest BCUT2D eigenvalue weighted by molar-refractivity contribution is 0.199. The quantitative estimate of drug-likeness (QED) is 0.831. The lowest BCUT2D eigenvalue weighted by atomic mass is 10.1. The predicted molar refractivity (Wildman–Crippen MR) is 78.9 cm³/mol. The van der Waals surface area contributed by atoms with Crippen LogP contribution in [0.3, 0.4) is 0 Å². The molecule has 0 fully saturated rings. The normalized spacial score (nSPS) is 10.9. The highest BCUT2D eigenvalue weighted by molar-refractivity contribution is 7.05. The van der Waals surface area contributed by atoms with E-state index in [1.54, 1.807) is 19.2 Å². The van der Waals surface area contributed by atoms with E-state index in [9.17, 15) is 0 Å². The van der Waals surface area contributed by atoms with E-state index < -0.39 is 0 Å². The fourth-order valence-electron chi connectivity index (χ4n) is 1.56. The van der Waals surface area contributed by atoms with Gasteiger partial charge < -0.3 is 10.1 Å². The molecule has 1 aromatic carbocycles. The van der Waals surface area contributed by atoms with E-state index in [1.807, 2.05) is 6.07 Å². The molecule has 0 spiro atoms. The molecule has 102 valence electrons. The standard InChI is InChI=1S/C12H13Cl2N3OS/c1-18-5-4-15-7-11-12(16-17-19-11)8-2-3-9(13)10(14)6-8/h2-3,6,15H,4-5,7H2,1H3. The van der Waals surface area contributed by atoms with Crippen molar-refractivity contribution in [3.63, 3.8) is 0 Å². The number of halogens is 2. The van der Waals surface area contributed by atoms with Crippen molar-refractivity contribution < 1.29 is 4.74 Å². The summed E-state index contributed by atoms with van der Waals surface area (Å²) < 4.78 is 8.98. The van der Waals surface area contributed by atoms with Gasteiger partial charge in [-0.3, -0.25) is 0 Å². The Morgan fingerprint density at radius 1 is 1.32 bits per heavy atom. The number of benzene rings is 1. The second-order valence-electron chi connectivity index (χ2n) is 3.84. The number of nitrogens with one attached hydrogen (secondary N) is 1. The van der Waals surface area contributed by atoms with E-state index in [2.05, 4.69) is 14.9 Å². The molecule has 0 saturated carbocycles. The van der Waals surface area contributed by atoms with E-state index in [-0.39, 0.29) is 0 Å². The number of aromatic nitrogens is 2. The largest absolute Gasteiger partial charge is 0.383 e. The predicted octanol–water partition coefficient (Wildman–Crippen LogP) is 3.25. The minimum Gasteiger partial charge on any atom is -0.383 e. The molecule has 19 heavy (non-hydrogen) atoms. The molecule has 7 heteroatoms. The van der Waals surface area contributed by atoms with Gasteiger partial charge >= 0.3 is 0 Å². The summed E-state index contributed by atoms with van der Waals surface area (Å²) in [5.74, 6) is 0. The first kappa shape index (κ1) is 14.7. The topological polar surface area (TPSA) is 47.0 Å². The number of nitrogens with zero attached hydrogens (tertiary/aromatic N) is 2. The molecule has 2 aromatic rings. The molecular formula is C12H13Cl2N3OS. The Morgan fingerprint density at radius 2 is 2.16 bits per heavy atom. The van der Waals surface area contributed by atoms with Gasteiger partial charge in [0.1, 0.15) is 5.69 Å². The molecule has 0 saturated heterocycles. The molecule has 1 aromatic heterocycles. The van der Waals surface area contributed by atoms with Gasteiger partial charge in [-0.2, -0.15) is 0 Å². The molecule has 0 amide bonds. The van der Waals surface area contributed by atoms with Gasteiger partial charge in [-0.05, 0) is 23.7 Å². The summed E-state index contributed by atoms with van der Waals surface area (Å²) in [5.41, 5.74) is 1.76. The molecule has 0 unspecified atom stereocenters. The van der Waals surface area contributed by atoms with Crippen LogP contribution in [0.15, 0.2) is 18.2 Å². The summed E-state index contributed by atoms with van der Waals surface area (Å²) in [7, 11) is 1.68. The van der Waals surface area contributed by atoms with Gasteiger partial charge in [0, 0.05) is 25.8 Å². The zero-order valence-electron chi connectivity index (χ0n) is 10.3. The molecule has 4 nitrogen and oxygen atoms in total. The Balaban J connectivity index is 2.12. The highest BCUT2D eigenvalue weighted by atomic mass is 35.5. The fraction of sp³-hybridized carbons (Fsp3) is 0.333. The summed E-state index contributed by atoms with van der Waals surface area (Å²) in [5, 5.41) is 8.48. The Hall–Kier alpha value is -0.720. The Labute approximate surface area is 125 Å². The number of rotatable bonds is 6. The van der Waals surface area contributed by atoms with Gasteiger partial charge in [-0.15, -0.1) is 5.10 Å². The van der Waals surface area contributed by atoms with Crippen LogP contribution in [0, 0.1) is 0 Å². The molecular weight excluding hydrogens is 305 g/mol. The van der Waals surface area contributed by atoms with Gasteiger partial charge in [0.15, 0.2) is 0 Å². The third-order valence-corrected chi connectivity index (χ3v) is 3.98. The van der Waals surface area contributed by atoms with Gasteiger partial charge in [0.05, 0.1) is 21.5 Å². The molecule has 0 aliphatic carbocycles. The molecule has 0 radical (unpaired) electrons. The zero-order chi connectivity index (χ0) is 13.7. The Bertz CT molecular complexity index is 548. The van der Waals surface area contributed by atoms with E-state index in [0.29, 0.717) is 23.2 Å². The van der Waals surface area contributed by atoms with Crippen LogP contribution in [-0.2, 0) is 11.3 Å². The van der Waals surface area contributed by atoms with Crippen LogP contribution in [0.4, 0.5) is 0 Å². The van der Waals surface area contributed by atoms with Crippen LogP contribution in [-0.4, -0.2) is 29.8 Å². The molecule has 0 atom stereocenters. The highest BCUT2D eigenvalue weighted by Crippen LogP contribution is 2.30. The van der Waals surface area contributed by atoms with Crippen LogP contribution >= 0.6 is 34.7 Å². The smallest absolute Gasteiger partial charge is 0.110 e. The van der Waals surface area contributed by atoms with Crippen LogP contribution in [0.25, 0.3) is 11.3 Å². The third-order valence-electron chi connectivity index (χ3n) is 2.52. The third kappa shape index (κ3) is 3.87. The molecule has 1 N–H and O–H groups in total. The molecule has 0 aliphatic heterocycles. The minimum absolute atomic E-state index is 0.519. The van der Waals surface area contributed by atoms with Crippen molar-refractivity contribution in [1.29, 1.82) is 0 Å². The summed E-state index contributed by atoms with van der Waals surface area (Å²) in [6.07, 6.45) is 0. The van der Waals surface area contributed by atoms with Gasteiger partial charge in [0.2, 0.25) is 0 Å². The number of hydrogen-bond donors (Lipinski definition) is 1. The van der Waals surface area contributed by atoms with Gasteiger partial charge in [-0.1, -0.05) is 33.8 Å². The van der Waals surface area contributed by atoms with Crippen molar-refractivity contribution >= 4 is 34.7 Å². The van der Waals surface area contributed by atoms with Crippen molar-refractivity contribution in [2.45, 2.75) is 6.54 Å². The molecule has 1 heterocycles. The maximum absolute atomic E-state index is 6.02. The SMILES string of the molecule is COCCNCc1snnc1-c1ccc(Cl)c(Cl)c1. The number of methoxy groups -OCH3 is 1. The lowest BCUT2D eigenvalue weighted by Crippen LogP contribution is -2.18. The number of hydrogen-bond acceptors (Lipinski definition) is 5. The first-order valence-corrected chi connectivity index (χ1v) is 7.21. The van der Waals surface area contributed by atoms with E-state index >= 15 is 0 Å². The van der Waals surface area contributed by atoms with E-state index in [0.717, 1.165) is 22.7 Å². The van der Waals surface area contributed by atoms with E-state index in [4.69, 9.17) is 27.9 Å². The lowest BCUT2D eigenvalue weighted by Gasteiger charge is -2.04. The van der Waals surface area contributed by atoms with Crippen molar-refractivity contribution in [1.82, 2.24) is 14.9 Å². The van der Waals surface area contributed by atoms with Crippen molar-refractivity contribution in [3.05, 3.63) is 33.1 Å². The van der Waals surface area contributed by atoms with Crippen LogP contribution in [0.5, 0.6) is 0 Å². The first-order valence-electron chi connectivity index (χ1n) is 5.68. The first-order chi connectivity index (χ1) is 9.22. The van der Waals surface area contributed by atoms with Crippen molar-refractivity contribution in [3.8, 4) is 11.3 Å². The second kappa shape index (κ2) is 7.17. The maximum Gasteiger partial charge on any atom is 0.110 e. The summed E-state index contributed by atoms with van der Waals surface area (Å²) >= 11 is 13.3. The zero-order valence-corrected chi connectivity index (χ0v) is 12.6. The molecule has 2 rings (SSSR count). The Kier molecular flexibility index (Phi) is 5.54. The van der Waals surface area contributed by atoms with Gasteiger partial charge in [0.25, 0.3) is 0 Å². The average molecular weight is 318 g/mol. The summed E-state index contributed by atoms with van der Waals surface area (Å²) in [6.45, 7) is 2.17. The van der Waals surface area contributed by atoms with E-state index in [1.165, 1.54) is 11.5 Å². The monoisotopic (exact) mass is 317 g/mol. The van der Waals surface area contributed by atoms with Crippen molar-refractivity contribution in [2.75, 3.05) is 20.3 Å². The highest BCUT2D eigenvalue weighted by Gasteiger charge is 2.11. The Morgan fingerprint density at radius 3 is 2.89 bits per heavy atom. The van der Waals surface area contributed by atoms with Gasteiger partial charge in [-0.25, -0.2) is 0 Å². The minimum atomic E-state index is 0.519.